The van der Waals surface area contributed by atoms with Gasteiger partial charge in [-0.15, -0.1) is 0 Å². The predicted octanol–water partition coefficient (Wildman–Crippen LogP) is 4.87. The topological polar surface area (TPSA) is 72.2 Å². The Morgan fingerprint density at radius 3 is 2.67 bits per heavy atom. The summed E-state index contributed by atoms with van der Waals surface area (Å²) >= 11 is 11.1. The zero-order chi connectivity index (χ0) is 15.6. The number of benzene rings is 2. The number of halogens is 3. The van der Waals surface area contributed by atoms with Gasteiger partial charge in [0.15, 0.2) is 0 Å². The van der Waals surface area contributed by atoms with E-state index in [4.69, 9.17) is 11.6 Å². The number of nitrogens with one attached hydrogen (secondary N) is 1. The smallest absolute Gasteiger partial charge is 0.292 e. The lowest BCUT2D eigenvalue weighted by Gasteiger charge is -2.08. The molecule has 0 aromatic heterocycles. The second-order valence-electron chi connectivity index (χ2n) is 4.00. The molecule has 2 aromatic rings. The second-order valence-corrected chi connectivity index (χ2v) is 6.51. The van der Waals surface area contributed by atoms with Crippen LogP contribution in [0.4, 0.5) is 11.4 Å². The number of nitro benzene ring substituents is 1. The summed E-state index contributed by atoms with van der Waals surface area (Å²) in [6, 6.07) is 9.23. The largest absolute Gasteiger partial charge is 0.316 e. The van der Waals surface area contributed by atoms with Crippen molar-refractivity contribution < 1.29 is 9.72 Å². The van der Waals surface area contributed by atoms with Gasteiger partial charge in [-0.3, -0.25) is 14.9 Å². The molecular formula is C13H7BrClIN2O3. The number of amides is 1. The van der Waals surface area contributed by atoms with E-state index in [-0.39, 0.29) is 11.4 Å². The van der Waals surface area contributed by atoms with Crippen molar-refractivity contribution in [1.29, 1.82) is 0 Å². The maximum absolute atomic E-state index is 12.3. The molecule has 0 saturated heterocycles. The van der Waals surface area contributed by atoms with Gasteiger partial charge in [0.1, 0.15) is 5.69 Å². The summed E-state index contributed by atoms with van der Waals surface area (Å²) in [6.45, 7) is 0. The first-order chi connectivity index (χ1) is 9.88. The molecule has 0 saturated carbocycles. The lowest BCUT2D eigenvalue weighted by Crippen LogP contribution is -2.14. The zero-order valence-electron chi connectivity index (χ0n) is 10.3. The van der Waals surface area contributed by atoms with Crippen molar-refractivity contribution in [1.82, 2.24) is 0 Å². The van der Waals surface area contributed by atoms with Crippen LogP contribution in [0, 0.1) is 13.7 Å². The molecule has 0 atom stereocenters. The molecule has 21 heavy (non-hydrogen) atoms. The molecule has 0 spiro atoms. The van der Waals surface area contributed by atoms with E-state index in [1.54, 1.807) is 18.2 Å². The second kappa shape index (κ2) is 6.71. The average molecular weight is 481 g/mol. The van der Waals surface area contributed by atoms with Crippen molar-refractivity contribution in [2.24, 2.45) is 0 Å². The third-order valence-corrected chi connectivity index (χ3v) is 4.25. The van der Waals surface area contributed by atoms with Crippen molar-refractivity contribution in [3.8, 4) is 0 Å². The SMILES string of the molecule is O=C(Nc1cc(Cl)ccc1[N+](=O)[O-])c1cc(Br)ccc1I. The summed E-state index contributed by atoms with van der Waals surface area (Å²) in [5.74, 6) is -0.439. The average Bonchev–Trinajstić information content (AvgIpc) is 2.41. The van der Waals surface area contributed by atoms with Crippen molar-refractivity contribution in [3.63, 3.8) is 0 Å². The van der Waals surface area contributed by atoms with E-state index >= 15 is 0 Å². The third-order valence-electron chi connectivity index (χ3n) is 2.58. The fraction of sp³-hybridized carbons (Fsp3) is 0. The number of hydrogen-bond acceptors (Lipinski definition) is 3. The molecule has 0 aliphatic carbocycles. The molecule has 0 heterocycles. The molecule has 108 valence electrons. The number of hydrogen-bond donors (Lipinski definition) is 1. The lowest BCUT2D eigenvalue weighted by atomic mass is 10.2. The quantitative estimate of drug-likeness (QED) is 0.386. The lowest BCUT2D eigenvalue weighted by molar-refractivity contribution is -0.383. The van der Waals surface area contributed by atoms with Crippen LogP contribution in [0.25, 0.3) is 0 Å². The Morgan fingerprint density at radius 1 is 1.29 bits per heavy atom. The van der Waals surface area contributed by atoms with Gasteiger partial charge < -0.3 is 5.32 Å². The summed E-state index contributed by atoms with van der Waals surface area (Å²) in [7, 11) is 0. The molecule has 0 aliphatic heterocycles. The van der Waals surface area contributed by atoms with Crippen LogP contribution in [0.2, 0.25) is 5.02 Å². The first kappa shape index (κ1) is 16.2. The molecule has 0 fully saturated rings. The van der Waals surface area contributed by atoms with Crippen molar-refractivity contribution >= 4 is 67.4 Å². The van der Waals surface area contributed by atoms with Crippen LogP contribution >= 0.6 is 50.1 Å². The van der Waals surface area contributed by atoms with Gasteiger partial charge in [0.2, 0.25) is 0 Å². The molecule has 2 rings (SSSR count). The van der Waals surface area contributed by atoms with Gasteiger partial charge in [0, 0.05) is 19.1 Å². The Bertz CT molecular complexity index is 739. The Hall–Kier alpha value is -1.19. The molecule has 1 N–H and O–H groups in total. The van der Waals surface area contributed by atoms with Crippen LogP contribution in [0.3, 0.4) is 0 Å². The Morgan fingerprint density at radius 2 is 2.00 bits per heavy atom. The maximum Gasteiger partial charge on any atom is 0.292 e. The molecule has 0 aliphatic rings. The fourth-order valence-electron chi connectivity index (χ4n) is 1.63. The summed E-state index contributed by atoms with van der Waals surface area (Å²) in [5, 5.41) is 13.8. The third kappa shape index (κ3) is 3.92. The fourth-order valence-corrected chi connectivity index (χ4v) is 2.74. The summed E-state index contributed by atoms with van der Waals surface area (Å²) < 4.78 is 1.48. The first-order valence-corrected chi connectivity index (χ1v) is 7.84. The number of nitrogens with zero attached hydrogens (tertiary/aromatic N) is 1. The minimum absolute atomic E-state index is 0.0632. The van der Waals surface area contributed by atoms with Crippen LogP contribution < -0.4 is 5.32 Å². The van der Waals surface area contributed by atoms with Crippen molar-refractivity contribution in [2.75, 3.05) is 5.32 Å². The Labute approximate surface area is 147 Å². The molecule has 0 bridgehead atoms. The van der Waals surface area contributed by atoms with Crippen LogP contribution in [0.1, 0.15) is 10.4 Å². The van der Waals surface area contributed by atoms with Gasteiger partial charge >= 0.3 is 0 Å². The zero-order valence-corrected chi connectivity index (χ0v) is 14.8. The van der Waals surface area contributed by atoms with E-state index in [0.717, 1.165) is 8.04 Å². The first-order valence-electron chi connectivity index (χ1n) is 5.59. The van der Waals surface area contributed by atoms with Crippen LogP contribution in [0.5, 0.6) is 0 Å². The molecule has 1 amide bonds. The highest BCUT2D eigenvalue weighted by Crippen LogP contribution is 2.28. The molecule has 8 heteroatoms. The number of nitro groups is 1. The van der Waals surface area contributed by atoms with E-state index in [1.165, 1.54) is 18.2 Å². The highest BCUT2D eigenvalue weighted by molar-refractivity contribution is 14.1. The molecule has 5 nitrogen and oxygen atoms in total. The van der Waals surface area contributed by atoms with Gasteiger partial charge in [-0.2, -0.15) is 0 Å². The van der Waals surface area contributed by atoms with E-state index in [2.05, 4.69) is 21.2 Å². The number of rotatable bonds is 3. The summed E-state index contributed by atoms with van der Waals surface area (Å²) in [4.78, 5) is 22.7. The van der Waals surface area contributed by atoms with Gasteiger partial charge in [0.05, 0.1) is 10.5 Å². The normalized spacial score (nSPS) is 10.2. The molecule has 0 radical (unpaired) electrons. The Kier molecular flexibility index (Phi) is 5.17. The van der Waals surface area contributed by atoms with Crippen LogP contribution in [-0.4, -0.2) is 10.8 Å². The number of carbonyl (C=O) groups excluding carboxylic acids is 1. The standard InChI is InChI=1S/C13H7BrClIN2O3/c14-7-1-3-10(16)9(5-7)13(19)17-11-6-8(15)2-4-12(11)18(20)21/h1-6H,(H,17,19). The van der Waals surface area contributed by atoms with Crippen molar-refractivity contribution in [2.45, 2.75) is 0 Å². The highest BCUT2D eigenvalue weighted by atomic mass is 127. The minimum Gasteiger partial charge on any atom is -0.316 e. The molecule has 0 unspecified atom stereocenters. The number of anilines is 1. The van der Waals surface area contributed by atoms with E-state index in [0.29, 0.717) is 10.6 Å². The monoisotopic (exact) mass is 480 g/mol. The van der Waals surface area contributed by atoms with Crippen molar-refractivity contribution in [3.05, 3.63) is 65.1 Å². The summed E-state index contributed by atoms with van der Waals surface area (Å²) in [5.41, 5.74) is 0.269. The highest BCUT2D eigenvalue weighted by Gasteiger charge is 2.18. The van der Waals surface area contributed by atoms with Gasteiger partial charge in [-0.05, 0) is 52.9 Å². The van der Waals surface area contributed by atoms with Gasteiger partial charge in [-0.1, -0.05) is 27.5 Å². The van der Waals surface area contributed by atoms with E-state index < -0.39 is 10.8 Å². The molecular weight excluding hydrogens is 474 g/mol. The van der Waals surface area contributed by atoms with Gasteiger partial charge in [-0.25, -0.2) is 0 Å². The Balaban J connectivity index is 2.38. The van der Waals surface area contributed by atoms with E-state index in [1.807, 2.05) is 22.6 Å². The molecule has 2 aromatic carbocycles. The van der Waals surface area contributed by atoms with Gasteiger partial charge in [0.25, 0.3) is 11.6 Å². The number of carbonyl (C=O) groups is 1. The van der Waals surface area contributed by atoms with E-state index in [9.17, 15) is 14.9 Å². The maximum atomic E-state index is 12.3. The van der Waals surface area contributed by atoms with Crippen LogP contribution in [-0.2, 0) is 0 Å². The summed E-state index contributed by atoms with van der Waals surface area (Å²) in [6.07, 6.45) is 0. The predicted molar refractivity (Wildman–Crippen MR) is 92.9 cm³/mol. The minimum atomic E-state index is -0.572. The van der Waals surface area contributed by atoms with Crippen LogP contribution in [0.15, 0.2) is 40.9 Å².